The summed E-state index contributed by atoms with van der Waals surface area (Å²) in [5.74, 6) is 3.34. The lowest BCUT2D eigenvalue weighted by molar-refractivity contribution is 0.327. The largest absolute Gasteiger partial charge is 0.288 e. The van der Waals surface area contributed by atoms with Gasteiger partial charge in [-0.2, -0.15) is 0 Å². The van der Waals surface area contributed by atoms with E-state index in [0.29, 0.717) is 0 Å². The van der Waals surface area contributed by atoms with Crippen LogP contribution < -0.4 is 0 Å². The average Bonchev–Trinajstić information content (AvgIpc) is 2.11. The van der Waals surface area contributed by atoms with Crippen LogP contribution >= 0.6 is 0 Å². The SMILES string of the molecule is C=C(C)CN(CC#C[Si](C)(C)C)CCCC. The summed E-state index contributed by atoms with van der Waals surface area (Å²) >= 11 is 0. The van der Waals surface area contributed by atoms with Crippen molar-refractivity contribution in [2.75, 3.05) is 19.6 Å². The zero-order valence-electron chi connectivity index (χ0n) is 11.7. The molecule has 0 unspecified atom stereocenters. The van der Waals surface area contributed by atoms with E-state index >= 15 is 0 Å². The van der Waals surface area contributed by atoms with Crippen LogP contribution in [0.3, 0.4) is 0 Å². The van der Waals surface area contributed by atoms with E-state index in [0.717, 1.165) is 19.6 Å². The molecule has 0 bridgehead atoms. The van der Waals surface area contributed by atoms with Crippen LogP contribution in [0.4, 0.5) is 0 Å². The molecule has 0 aromatic heterocycles. The fourth-order valence-electron chi connectivity index (χ4n) is 1.39. The van der Waals surface area contributed by atoms with Gasteiger partial charge in [0.25, 0.3) is 0 Å². The summed E-state index contributed by atoms with van der Waals surface area (Å²) in [7, 11) is -1.21. The molecule has 0 radical (unpaired) electrons. The lowest BCUT2D eigenvalue weighted by atomic mass is 10.2. The molecule has 0 N–H and O–H groups in total. The minimum absolute atomic E-state index is 0.900. The van der Waals surface area contributed by atoms with Crippen LogP contribution in [0.2, 0.25) is 19.6 Å². The van der Waals surface area contributed by atoms with E-state index in [2.05, 4.69) is 56.4 Å². The van der Waals surface area contributed by atoms with Gasteiger partial charge < -0.3 is 0 Å². The van der Waals surface area contributed by atoms with Crippen LogP contribution in [0.1, 0.15) is 26.7 Å². The van der Waals surface area contributed by atoms with Crippen LogP contribution in [-0.2, 0) is 0 Å². The summed E-state index contributed by atoms with van der Waals surface area (Å²) in [6, 6.07) is 0. The van der Waals surface area contributed by atoms with E-state index in [4.69, 9.17) is 0 Å². The lowest BCUT2D eigenvalue weighted by Crippen LogP contribution is -2.27. The highest BCUT2D eigenvalue weighted by Gasteiger charge is 2.08. The molecule has 0 saturated carbocycles. The van der Waals surface area contributed by atoms with Gasteiger partial charge in [0, 0.05) is 6.54 Å². The Kier molecular flexibility index (Phi) is 7.45. The lowest BCUT2D eigenvalue weighted by Gasteiger charge is -2.19. The molecule has 0 aliphatic carbocycles. The molecule has 0 aromatic rings. The van der Waals surface area contributed by atoms with Crippen molar-refractivity contribution in [1.29, 1.82) is 0 Å². The molecule has 0 rings (SSSR count). The second-order valence-electron chi connectivity index (χ2n) is 5.57. The number of nitrogens with zero attached hydrogens (tertiary/aromatic N) is 1. The maximum atomic E-state index is 3.98. The summed E-state index contributed by atoms with van der Waals surface area (Å²) in [6.07, 6.45) is 2.50. The maximum Gasteiger partial charge on any atom is 0.129 e. The van der Waals surface area contributed by atoms with E-state index in [9.17, 15) is 0 Å². The van der Waals surface area contributed by atoms with Gasteiger partial charge in [-0.1, -0.05) is 51.1 Å². The second-order valence-corrected chi connectivity index (χ2v) is 10.3. The number of rotatable bonds is 6. The summed E-state index contributed by atoms with van der Waals surface area (Å²) in [4.78, 5) is 2.40. The predicted molar refractivity (Wildman–Crippen MR) is 77.3 cm³/mol. The molecule has 0 aliphatic rings. The Morgan fingerprint density at radius 1 is 1.31 bits per heavy atom. The van der Waals surface area contributed by atoms with Gasteiger partial charge in [0.1, 0.15) is 8.07 Å². The van der Waals surface area contributed by atoms with Gasteiger partial charge in [-0.15, -0.1) is 5.54 Å². The van der Waals surface area contributed by atoms with Crippen LogP contribution in [-0.4, -0.2) is 32.6 Å². The quantitative estimate of drug-likeness (QED) is 0.388. The van der Waals surface area contributed by atoms with Crippen molar-refractivity contribution in [2.45, 2.75) is 46.3 Å². The Labute approximate surface area is 103 Å². The van der Waals surface area contributed by atoms with E-state index < -0.39 is 8.07 Å². The molecule has 0 aromatic carbocycles. The van der Waals surface area contributed by atoms with Crippen molar-refractivity contribution in [3.05, 3.63) is 12.2 Å². The van der Waals surface area contributed by atoms with E-state index in [1.54, 1.807) is 0 Å². The Morgan fingerprint density at radius 3 is 2.38 bits per heavy atom. The molecule has 0 atom stereocenters. The van der Waals surface area contributed by atoms with Gasteiger partial charge >= 0.3 is 0 Å². The van der Waals surface area contributed by atoms with Crippen LogP contribution in [0.15, 0.2) is 12.2 Å². The fraction of sp³-hybridized carbons (Fsp3) is 0.714. The van der Waals surface area contributed by atoms with Crippen LogP contribution in [0.5, 0.6) is 0 Å². The van der Waals surface area contributed by atoms with E-state index in [1.165, 1.54) is 18.4 Å². The Balaban J connectivity index is 4.18. The van der Waals surface area contributed by atoms with Crippen molar-refractivity contribution in [3.8, 4) is 11.5 Å². The van der Waals surface area contributed by atoms with Crippen molar-refractivity contribution >= 4 is 8.07 Å². The smallest absolute Gasteiger partial charge is 0.129 e. The molecule has 16 heavy (non-hydrogen) atoms. The highest BCUT2D eigenvalue weighted by molar-refractivity contribution is 6.83. The monoisotopic (exact) mass is 237 g/mol. The molecule has 0 heterocycles. The molecule has 0 aliphatic heterocycles. The summed E-state index contributed by atoms with van der Waals surface area (Å²) in [5, 5.41) is 0. The first kappa shape index (κ1) is 15.5. The molecular weight excluding hydrogens is 210 g/mol. The van der Waals surface area contributed by atoms with Crippen molar-refractivity contribution in [2.24, 2.45) is 0 Å². The Bertz CT molecular complexity index is 265. The number of hydrogen-bond acceptors (Lipinski definition) is 1. The Hall–Kier alpha value is -0.523. The van der Waals surface area contributed by atoms with Crippen LogP contribution in [0.25, 0.3) is 0 Å². The highest BCUT2D eigenvalue weighted by Crippen LogP contribution is 2.00. The first-order valence-corrected chi connectivity index (χ1v) is 9.72. The third-order valence-electron chi connectivity index (χ3n) is 2.09. The van der Waals surface area contributed by atoms with Gasteiger partial charge in [0.05, 0.1) is 6.54 Å². The van der Waals surface area contributed by atoms with Gasteiger partial charge in [-0.3, -0.25) is 4.90 Å². The fourth-order valence-corrected chi connectivity index (χ4v) is 2.00. The molecular formula is C14H27NSi. The molecule has 0 spiro atoms. The Morgan fingerprint density at radius 2 is 1.94 bits per heavy atom. The van der Waals surface area contributed by atoms with Gasteiger partial charge in [-0.25, -0.2) is 0 Å². The zero-order chi connectivity index (χ0) is 12.6. The molecule has 2 heteroatoms. The van der Waals surface area contributed by atoms with Crippen molar-refractivity contribution < 1.29 is 0 Å². The minimum Gasteiger partial charge on any atom is -0.288 e. The first-order chi connectivity index (χ1) is 7.35. The van der Waals surface area contributed by atoms with Gasteiger partial charge in [0.15, 0.2) is 0 Å². The van der Waals surface area contributed by atoms with E-state index in [-0.39, 0.29) is 0 Å². The summed E-state index contributed by atoms with van der Waals surface area (Å²) < 4.78 is 0. The van der Waals surface area contributed by atoms with Crippen molar-refractivity contribution in [3.63, 3.8) is 0 Å². The zero-order valence-corrected chi connectivity index (χ0v) is 12.7. The molecule has 92 valence electrons. The normalized spacial score (nSPS) is 11.1. The first-order valence-electron chi connectivity index (χ1n) is 6.22. The average molecular weight is 237 g/mol. The third-order valence-corrected chi connectivity index (χ3v) is 3.01. The molecule has 0 amide bonds. The maximum absolute atomic E-state index is 3.98. The number of hydrogen-bond donors (Lipinski definition) is 0. The van der Waals surface area contributed by atoms with E-state index in [1.807, 2.05) is 0 Å². The van der Waals surface area contributed by atoms with Gasteiger partial charge in [-0.05, 0) is 19.9 Å². The summed E-state index contributed by atoms with van der Waals surface area (Å²) in [6.45, 7) is 18.2. The minimum atomic E-state index is -1.21. The topological polar surface area (TPSA) is 3.24 Å². The predicted octanol–water partition coefficient (Wildman–Crippen LogP) is 3.55. The standard InChI is InChI=1S/C14H27NSi/c1-7-8-10-15(13-14(2)3)11-9-12-16(4,5)6/h2,7-8,10-11,13H2,1,3-6H3. The highest BCUT2D eigenvalue weighted by atomic mass is 28.3. The summed E-state index contributed by atoms with van der Waals surface area (Å²) in [5.41, 5.74) is 4.65. The number of unbranched alkanes of at least 4 members (excludes halogenated alkanes) is 1. The second kappa shape index (κ2) is 7.70. The molecule has 1 nitrogen and oxygen atoms in total. The third kappa shape index (κ3) is 10.0. The van der Waals surface area contributed by atoms with Gasteiger partial charge in [0.2, 0.25) is 0 Å². The van der Waals surface area contributed by atoms with Crippen molar-refractivity contribution in [1.82, 2.24) is 4.90 Å². The molecule has 0 saturated heterocycles. The molecule has 0 fully saturated rings. The van der Waals surface area contributed by atoms with Crippen LogP contribution in [0, 0.1) is 11.5 Å².